The molecule has 0 unspecified atom stereocenters. The topological polar surface area (TPSA) is 55.1 Å². The molecule has 0 amide bonds. The molecule has 0 saturated heterocycles. The van der Waals surface area contributed by atoms with Crippen molar-refractivity contribution in [3.05, 3.63) is 30.1 Å². The molecule has 1 heterocycles. The van der Waals surface area contributed by atoms with Crippen LogP contribution < -0.4 is 0 Å². The van der Waals surface area contributed by atoms with E-state index in [-0.39, 0.29) is 5.56 Å². The van der Waals surface area contributed by atoms with Gasteiger partial charge in [0.15, 0.2) is 0 Å². The zero-order valence-electron chi connectivity index (χ0n) is 7.53. The minimum atomic E-state index is -0.928. The number of aromatic carboxylic acids is 1. The molecule has 0 aliphatic heterocycles. The van der Waals surface area contributed by atoms with Crippen LogP contribution in [-0.2, 0) is 6.54 Å². The van der Waals surface area contributed by atoms with E-state index in [1.165, 1.54) is 6.20 Å². The smallest absolute Gasteiger partial charge is 0.339 e. The summed E-state index contributed by atoms with van der Waals surface area (Å²) in [5, 5.41) is 12.7. The lowest BCUT2D eigenvalue weighted by Crippen LogP contribution is -2.04. The average Bonchev–Trinajstić information content (AvgIpc) is 2.43. The fourth-order valence-electron chi connectivity index (χ4n) is 1.10. The van der Waals surface area contributed by atoms with Crippen molar-refractivity contribution < 1.29 is 9.90 Å². The molecule has 0 bridgehead atoms. The van der Waals surface area contributed by atoms with E-state index in [9.17, 15) is 4.79 Å². The minimum Gasteiger partial charge on any atom is -0.478 e. The quantitative estimate of drug-likeness (QED) is 0.714. The lowest BCUT2D eigenvalue weighted by Gasteiger charge is -2.01. The van der Waals surface area contributed by atoms with Crippen LogP contribution in [-0.4, -0.2) is 20.9 Å². The number of carboxylic acids is 1. The fourth-order valence-corrected chi connectivity index (χ4v) is 1.10. The van der Waals surface area contributed by atoms with Gasteiger partial charge in [0.25, 0.3) is 0 Å². The highest BCUT2D eigenvalue weighted by molar-refractivity contribution is 5.88. The maximum atomic E-state index is 10.6. The van der Waals surface area contributed by atoms with Crippen LogP contribution in [0.5, 0.6) is 0 Å². The zero-order valence-corrected chi connectivity index (χ0v) is 7.53. The first-order valence-corrected chi connectivity index (χ1v) is 4.03. The van der Waals surface area contributed by atoms with Crippen molar-refractivity contribution in [1.29, 1.82) is 0 Å². The second kappa shape index (κ2) is 3.89. The van der Waals surface area contributed by atoms with Gasteiger partial charge in [0.2, 0.25) is 0 Å². The molecule has 1 aromatic rings. The van der Waals surface area contributed by atoms with Gasteiger partial charge < -0.3 is 5.11 Å². The summed E-state index contributed by atoms with van der Waals surface area (Å²) in [6.07, 6.45) is 3.95. The fraction of sp³-hybridized carbons (Fsp3) is 0.333. The van der Waals surface area contributed by atoms with Crippen LogP contribution in [0.15, 0.2) is 18.9 Å². The molecule has 0 aliphatic carbocycles. The Kier molecular flexibility index (Phi) is 2.84. The number of nitrogens with zero attached hydrogens (tertiary/aromatic N) is 2. The van der Waals surface area contributed by atoms with Crippen molar-refractivity contribution in [2.75, 3.05) is 0 Å². The van der Waals surface area contributed by atoms with E-state index in [2.05, 4.69) is 11.7 Å². The first kappa shape index (κ1) is 9.51. The summed E-state index contributed by atoms with van der Waals surface area (Å²) in [5.74, 6) is -0.928. The predicted octanol–water partition coefficient (Wildman–Crippen LogP) is 1.47. The van der Waals surface area contributed by atoms with Gasteiger partial charge in [-0.1, -0.05) is 6.08 Å². The molecule has 0 aliphatic rings. The first-order valence-electron chi connectivity index (χ1n) is 4.03. The number of carboxylic acid groups (broad SMARTS) is 1. The zero-order chi connectivity index (χ0) is 9.84. The van der Waals surface area contributed by atoms with Crippen LogP contribution in [0.25, 0.3) is 0 Å². The van der Waals surface area contributed by atoms with Crippen LogP contribution in [0.4, 0.5) is 0 Å². The molecule has 0 aromatic carbocycles. The molecule has 13 heavy (non-hydrogen) atoms. The lowest BCUT2D eigenvalue weighted by molar-refractivity contribution is 0.0696. The van der Waals surface area contributed by atoms with Gasteiger partial charge in [-0.2, -0.15) is 5.10 Å². The molecule has 1 N–H and O–H groups in total. The SMILES string of the molecule is C=CCCn1ncc(C(=O)O)c1C. The summed E-state index contributed by atoms with van der Waals surface area (Å²) in [4.78, 5) is 10.6. The van der Waals surface area contributed by atoms with Crippen molar-refractivity contribution in [3.63, 3.8) is 0 Å². The normalized spacial score (nSPS) is 9.92. The number of aryl methyl sites for hydroxylation is 1. The Balaban J connectivity index is 2.86. The Morgan fingerprint density at radius 1 is 1.85 bits per heavy atom. The van der Waals surface area contributed by atoms with Crippen molar-refractivity contribution in [2.45, 2.75) is 19.9 Å². The highest BCUT2D eigenvalue weighted by Crippen LogP contribution is 2.07. The maximum absolute atomic E-state index is 10.6. The van der Waals surface area contributed by atoms with E-state index in [0.29, 0.717) is 12.2 Å². The van der Waals surface area contributed by atoms with Crippen LogP contribution in [0.3, 0.4) is 0 Å². The third kappa shape index (κ3) is 1.96. The number of hydrogen-bond acceptors (Lipinski definition) is 2. The predicted molar refractivity (Wildman–Crippen MR) is 48.7 cm³/mol. The first-order chi connectivity index (χ1) is 6.16. The summed E-state index contributed by atoms with van der Waals surface area (Å²) in [6.45, 7) is 6.02. The van der Waals surface area contributed by atoms with Gasteiger partial charge in [0.1, 0.15) is 5.56 Å². The second-order valence-electron chi connectivity index (χ2n) is 2.75. The number of aromatic nitrogens is 2. The molecule has 0 spiro atoms. The van der Waals surface area contributed by atoms with E-state index in [0.717, 1.165) is 6.42 Å². The molecule has 70 valence electrons. The van der Waals surface area contributed by atoms with Crippen molar-refractivity contribution in [1.82, 2.24) is 9.78 Å². The molecule has 0 radical (unpaired) electrons. The largest absolute Gasteiger partial charge is 0.478 e. The van der Waals surface area contributed by atoms with Gasteiger partial charge in [-0.05, 0) is 13.3 Å². The summed E-state index contributed by atoms with van der Waals surface area (Å²) >= 11 is 0. The Bertz CT molecular complexity index is 328. The molecule has 0 fully saturated rings. The third-order valence-electron chi connectivity index (χ3n) is 1.88. The Morgan fingerprint density at radius 3 is 3.00 bits per heavy atom. The van der Waals surface area contributed by atoms with Crippen LogP contribution in [0.1, 0.15) is 22.5 Å². The van der Waals surface area contributed by atoms with E-state index in [4.69, 9.17) is 5.11 Å². The summed E-state index contributed by atoms with van der Waals surface area (Å²) in [6, 6.07) is 0. The lowest BCUT2D eigenvalue weighted by atomic mass is 10.2. The highest BCUT2D eigenvalue weighted by atomic mass is 16.4. The Morgan fingerprint density at radius 2 is 2.54 bits per heavy atom. The Labute approximate surface area is 76.5 Å². The maximum Gasteiger partial charge on any atom is 0.339 e. The van der Waals surface area contributed by atoms with E-state index in [1.807, 2.05) is 0 Å². The van der Waals surface area contributed by atoms with Gasteiger partial charge in [-0.25, -0.2) is 4.79 Å². The molecular weight excluding hydrogens is 168 g/mol. The number of rotatable bonds is 4. The van der Waals surface area contributed by atoms with E-state index < -0.39 is 5.97 Å². The molecule has 0 saturated carbocycles. The molecule has 0 atom stereocenters. The Hall–Kier alpha value is -1.58. The van der Waals surface area contributed by atoms with Gasteiger partial charge in [-0.15, -0.1) is 6.58 Å². The van der Waals surface area contributed by atoms with Gasteiger partial charge in [-0.3, -0.25) is 4.68 Å². The van der Waals surface area contributed by atoms with Crippen molar-refractivity contribution in [3.8, 4) is 0 Å². The molecule has 1 aromatic heterocycles. The summed E-state index contributed by atoms with van der Waals surface area (Å²) in [5.41, 5.74) is 0.957. The molecule has 4 nitrogen and oxygen atoms in total. The second-order valence-corrected chi connectivity index (χ2v) is 2.75. The summed E-state index contributed by atoms with van der Waals surface area (Å²) in [7, 11) is 0. The highest BCUT2D eigenvalue weighted by Gasteiger charge is 2.11. The van der Waals surface area contributed by atoms with Crippen molar-refractivity contribution >= 4 is 5.97 Å². The number of hydrogen-bond donors (Lipinski definition) is 1. The number of carbonyl (C=O) groups is 1. The number of allylic oxidation sites excluding steroid dienone is 1. The van der Waals surface area contributed by atoms with Gasteiger partial charge in [0, 0.05) is 12.2 Å². The molecule has 1 rings (SSSR count). The minimum absolute atomic E-state index is 0.268. The van der Waals surface area contributed by atoms with Gasteiger partial charge in [0.05, 0.1) is 6.20 Å². The standard InChI is InChI=1S/C9H12N2O2/c1-3-4-5-11-7(2)8(6-10-11)9(12)13/h3,6H,1,4-5H2,2H3,(H,12,13). The average molecular weight is 180 g/mol. The van der Waals surface area contributed by atoms with Crippen molar-refractivity contribution in [2.24, 2.45) is 0 Å². The van der Waals surface area contributed by atoms with E-state index in [1.54, 1.807) is 17.7 Å². The summed E-state index contributed by atoms with van der Waals surface area (Å²) < 4.78 is 1.67. The molecule has 4 heteroatoms. The van der Waals surface area contributed by atoms with Crippen LogP contribution >= 0.6 is 0 Å². The third-order valence-corrected chi connectivity index (χ3v) is 1.88. The van der Waals surface area contributed by atoms with Crippen LogP contribution in [0, 0.1) is 6.92 Å². The monoisotopic (exact) mass is 180 g/mol. The van der Waals surface area contributed by atoms with Crippen LogP contribution in [0.2, 0.25) is 0 Å². The molecular formula is C9H12N2O2. The van der Waals surface area contributed by atoms with Gasteiger partial charge >= 0.3 is 5.97 Å². The van der Waals surface area contributed by atoms with E-state index >= 15 is 0 Å².